The molecule has 1 aliphatic heterocycles. The SMILES string of the molecule is O=C1CC(CS)CN1C1CCCCCC1. The van der Waals surface area contributed by atoms with Gasteiger partial charge in [-0.05, 0) is 24.5 Å². The first-order valence-corrected chi connectivity index (χ1v) is 6.85. The normalized spacial score (nSPS) is 29.5. The van der Waals surface area contributed by atoms with Crippen LogP contribution < -0.4 is 0 Å². The first-order valence-electron chi connectivity index (χ1n) is 6.21. The Morgan fingerprint density at radius 1 is 1.20 bits per heavy atom. The van der Waals surface area contributed by atoms with Crippen LogP contribution in [0.1, 0.15) is 44.9 Å². The third kappa shape index (κ3) is 2.68. The van der Waals surface area contributed by atoms with E-state index in [2.05, 4.69) is 17.5 Å². The molecule has 0 aromatic rings. The van der Waals surface area contributed by atoms with Crippen molar-refractivity contribution in [2.75, 3.05) is 12.3 Å². The molecule has 0 radical (unpaired) electrons. The van der Waals surface area contributed by atoms with Crippen LogP contribution >= 0.6 is 12.6 Å². The quantitative estimate of drug-likeness (QED) is 0.567. The third-order valence-electron chi connectivity index (χ3n) is 3.76. The summed E-state index contributed by atoms with van der Waals surface area (Å²) in [4.78, 5) is 14.0. The lowest BCUT2D eigenvalue weighted by Gasteiger charge is -2.27. The topological polar surface area (TPSA) is 20.3 Å². The Morgan fingerprint density at radius 2 is 1.87 bits per heavy atom. The van der Waals surface area contributed by atoms with Gasteiger partial charge in [0.05, 0.1) is 0 Å². The van der Waals surface area contributed by atoms with Gasteiger partial charge in [-0.2, -0.15) is 12.6 Å². The van der Waals surface area contributed by atoms with E-state index in [0.717, 1.165) is 18.7 Å². The molecule has 0 bridgehead atoms. The van der Waals surface area contributed by atoms with Crippen molar-refractivity contribution >= 4 is 18.5 Å². The van der Waals surface area contributed by atoms with Gasteiger partial charge in [0.15, 0.2) is 0 Å². The number of thiol groups is 1. The van der Waals surface area contributed by atoms with Gasteiger partial charge < -0.3 is 4.90 Å². The van der Waals surface area contributed by atoms with Crippen LogP contribution in [0.15, 0.2) is 0 Å². The van der Waals surface area contributed by atoms with Crippen molar-refractivity contribution in [3.05, 3.63) is 0 Å². The minimum Gasteiger partial charge on any atom is -0.339 e. The first-order chi connectivity index (χ1) is 7.31. The van der Waals surface area contributed by atoms with Crippen LogP contribution in [0.4, 0.5) is 0 Å². The fourth-order valence-electron chi connectivity index (χ4n) is 2.85. The fourth-order valence-corrected chi connectivity index (χ4v) is 3.10. The van der Waals surface area contributed by atoms with E-state index in [1.54, 1.807) is 0 Å². The summed E-state index contributed by atoms with van der Waals surface area (Å²) in [5, 5.41) is 0. The van der Waals surface area contributed by atoms with Crippen LogP contribution in [-0.4, -0.2) is 29.1 Å². The molecule has 2 aliphatic rings. The van der Waals surface area contributed by atoms with Gasteiger partial charge in [0.1, 0.15) is 0 Å². The number of amides is 1. The van der Waals surface area contributed by atoms with Crippen molar-refractivity contribution in [1.82, 2.24) is 4.90 Å². The highest BCUT2D eigenvalue weighted by Gasteiger charge is 2.33. The van der Waals surface area contributed by atoms with Crippen LogP contribution in [0.25, 0.3) is 0 Å². The molecule has 1 atom stereocenters. The largest absolute Gasteiger partial charge is 0.339 e. The Kier molecular flexibility index (Phi) is 3.95. The van der Waals surface area contributed by atoms with Crippen LogP contribution in [-0.2, 0) is 4.79 Å². The zero-order chi connectivity index (χ0) is 10.7. The van der Waals surface area contributed by atoms with Crippen LogP contribution in [0, 0.1) is 5.92 Å². The van der Waals surface area contributed by atoms with E-state index in [9.17, 15) is 4.79 Å². The molecule has 1 unspecified atom stereocenters. The minimum atomic E-state index is 0.376. The summed E-state index contributed by atoms with van der Waals surface area (Å²) in [6.07, 6.45) is 8.51. The maximum Gasteiger partial charge on any atom is 0.223 e. The molecule has 2 rings (SSSR count). The number of carbonyl (C=O) groups is 1. The highest BCUT2D eigenvalue weighted by molar-refractivity contribution is 7.80. The lowest BCUT2D eigenvalue weighted by atomic mass is 10.1. The lowest BCUT2D eigenvalue weighted by Crippen LogP contribution is -2.36. The second kappa shape index (κ2) is 5.24. The molecule has 3 heteroatoms. The summed E-state index contributed by atoms with van der Waals surface area (Å²) < 4.78 is 0. The van der Waals surface area contributed by atoms with E-state index in [-0.39, 0.29) is 0 Å². The minimum absolute atomic E-state index is 0.376. The van der Waals surface area contributed by atoms with E-state index in [0.29, 0.717) is 17.9 Å². The Hall–Kier alpha value is -0.180. The van der Waals surface area contributed by atoms with Crippen molar-refractivity contribution in [1.29, 1.82) is 0 Å². The molecule has 1 aliphatic carbocycles. The zero-order valence-corrected chi connectivity index (χ0v) is 10.2. The predicted molar refractivity (Wildman–Crippen MR) is 65.2 cm³/mol. The molecule has 1 saturated heterocycles. The molecule has 0 aromatic carbocycles. The van der Waals surface area contributed by atoms with Gasteiger partial charge >= 0.3 is 0 Å². The van der Waals surface area contributed by atoms with Crippen molar-refractivity contribution < 1.29 is 4.79 Å². The van der Waals surface area contributed by atoms with Crippen LogP contribution in [0.5, 0.6) is 0 Å². The van der Waals surface area contributed by atoms with Gasteiger partial charge in [-0.3, -0.25) is 4.79 Å². The second-order valence-electron chi connectivity index (χ2n) is 4.94. The average molecular weight is 227 g/mol. The Balaban J connectivity index is 1.94. The van der Waals surface area contributed by atoms with Crippen molar-refractivity contribution in [2.24, 2.45) is 5.92 Å². The van der Waals surface area contributed by atoms with E-state index in [1.807, 2.05) is 0 Å². The Labute approximate surface area is 97.8 Å². The molecule has 1 saturated carbocycles. The summed E-state index contributed by atoms with van der Waals surface area (Å²) in [5.74, 6) is 1.74. The molecular weight excluding hydrogens is 206 g/mol. The summed E-state index contributed by atoms with van der Waals surface area (Å²) in [5.41, 5.74) is 0. The van der Waals surface area contributed by atoms with Crippen molar-refractivity contribution in [2.45, 2.75) is 51.0 Å². The second-order valence-corrected chi connectivity index (χ2v) is 5.31. The van der Waals surface area contributed by atoms with Gasteiger partial charge in [-0.25, -0.2) is 0 Å². The standard InChI is InChI=1S/C12H21NOS/c14-12-7-10(9-15)8-13(12)11-5-3-1-2-4-6-11/h10-11,15H,1-9H2. The number of hydrogen-bond acceptors (Lipinski definition) is 2. The summed E-state index contributed by atoms with van der Waals surface area (Å²) in [6, 6.07) is 0.546. The first kappa shape index (κ1) is 11.3. The summed E-state index contributed by atoms with van der Waals surface area (Å²) >= 11 is 4.30. The number of nitrogens with zero attached hydrogens (tertiary/aromatic N) is 1. The van der Waals surface area contributed by atoms with E-state index in [4.69, 9.17) is 0 Å². The molecule has 15 heavy (non-hydrogen) atoms. The Bertz CT molecular complexity index is 224. The van der Waals surface area contributed by atoms with Crippen LogP contribution in [0.3, 0.4) is 0 Å². The summed E-state index contributed by atoms with van der Waals surface area (Å²) in [6.45, 7) is 0.965. The lowest BCUT2D eigenvalue weighted by molar-refractivity contribution is -0.129. The number of hydrogen-bond donors (Lipinski definition) is 1. The highest BCUT2D eigenvalue weighted by Crippen LogP contribution is 2.28. The maximum absolute atomic E-state index is 11.8. The Morgan fingerprint density at radius 3 is 2.40 bits per heavy atom. The van der Waals surface area contributed by atoms with Crippen molar-refractivity contribution in [3.63, 3.8) is 0 Å². The number of carbonyl (C=O) groups excluding carboxylic acids is 1. The maximum atomic E-state index is 11.8. The monoisotopic (exact) mass is 227 g/mol. The molecular formula is C12H21NOS. The van der Waals surface area contributed by atoms with Crippen LogP contribution in [0.2, 0.25) is 0 Å². The average Bonchev–Trinajstić information content (AvgIpc) is 2.48. The van der Waals surface area contributed by atoms with Gasteiger partial charge in [-0.15, -0.1) is 0 Å². The summed E-state index contributed by atoms with van der Waals surface area (Å²) in [7, 11) is 0. The third-order valence-corrected chi connectivity index (χ3v) is 4.28. The van der Waals surface area contributed by atoms with Gasteiger partial charge in [0.25, 0.3) is 0 Å². The molecule has 2 nitrogen and oxygen atoms in total. The fraction of sp³-hybridized carbons (Fsp3) is 0.917. The zero-order valence-electron chi connectivity index (χ0n) is 9.32. The smallest absolute Gasteiger partial charge is 0.223 e. The predicted octanol–water partition coefficient (Wildman–Crippen LogP) is 2.49. The van der Waals surface area contributed by atoms with E-state index >= 15 is 0 Å². The highest BCUT2D eigenvalue weighted by atomic mass is 32.1. The molecule has 0 aromatic heterocycles. The van der Waals surface area contributed by atoms with Gasteiger partial charge in [0, 0.05) is 19.0 Å². The molecule has 2 fully saturated rings. The number of rotatable bonds is 2. The molecule has 0 N–H and O–H groups in total. The molecule has 86 valence electrons. The van der Waals surface area contributed by atoms with Crippen molar-refractivity contribution in [3.8, 4) is 0 Å². The van der Waals surface area contributed by atoms with E-state index < -0.39 is 0 Å². The molecule has 0 spiro atoms. The molecule has 1 heterocycles. The van der Waals surface area contributed by atoms with Gasteiger partial charge in [-0.1, -0.05) is 25.7 Å². The molecule has 1 amide bonds. The number of likely N-dealkylation sites (tertiary alicyclic amines) is 1. The van der Waals surface area contributed by atoms with E-state index in [1.165, 1.54) is 38.5 Å². The van der Waals surface area contributed by atoms with Gasteiger partial charge in [0.2, 0.25) is 5.91 Å².